The van der Waals surface area contributed by atoms with Gasteiger partial charge in [-0.1, -0.05) is 189 Å². The number of anilines is 6. The van der Waals surface area contributed by atoms with E-state index in [9.17, 15) is 0 Å². The van der Waals surface area contributed by atoms with E-state index in [2.05, 4.69) is 266 Å². The van der Waals surface area contributed by atoms with E-state index in [1.54, 1.807) is 0 Å². The Balaban J connectivity index is 0.945. The zero-order chi connectivity index (χ0) is 42.0. The van der Waals surface area contributed by atoms with Crippen molar-refractivity contribution in [1.82, 2.24) is 0 Å². The summed E-state index contributed by atoms with van der Waals surface area (Å²) in [5.74, 6) is 0. The Kier molecular flexibility index (Phi) is 10.3. The van der Waals surface area contributed by atoms with Crippen LogP contribution in [0.1, 0.15) is 11.1 Å². The number of benzene rings is 10. The number of nitrogens with zero attached hydrogens (tertiary/aromatic N) is 2. The zero-order valence-corrected chi connectivity index (χ0v) is 36.4. The second kappa shape index (κ2) is 16.5. The third kappa shape index (κ3) is 7.83. The van der Waals surface area contributed by atoms with Crippen LogP contribution in [0.25, 0.3) is 55.6 Å². The Morgan fingerprint density at radius 3 is 1.35 bits per heavy atom. The normalized spacial score (nSPS) is 11.7. The number of para-hydroxylation sites is 1. The number of fused-ring (bicyclic) bond motifs is 3. The topological polar surface area (TPSA) is 6.48 Å². The third-order valence-electron chi connectivity index (χ3n) is 12.0. The largest absolute Gasteiger partial charge is 0.310 e. The molecule has 0 saturated heterocycles. The van der Waals surface area contributed by atoms with Gasteiger partial charge in [-0.2, -0.15) is 0 Å². The van der Waals surface area contributed by atoms with Crippen molar-refractivity contribution < 1.29 is 0 Å². The monoisotopic (exact) mass is 812 g/mol. The SMILES string of the molecule is C[Si](C)(C)c1ccc(N(c2ccc(-c3ccc(C=Cc4ccc(N(c5ccccc5)c5ccc6ccccc6c5)cc4)c4ccccc34)cc2)c2ccc3ccccc3c2)cc1. The Morgan fingerprint density at radius 1 is 0.339 bits per heavy atom. The first-order valence-electron chi connectivity index (χ1n) is 21.5. The van der Waals surface area contributed by atoms with Gasteiger partial charge in [0.2, 0.25) is 0 Å². The highest BCUT2D eigenvalue weighted by Crippen LogP contribution is 2.40. The molecule has 298 valence electrons. The van der Waals surface area contributed by atoms with Crippen LogP contribution >= 0.6 is 0 Å². The molecule has 0 bridgehead atoms. The highest BCUT2D eigenvalue weighted by molar-refractivity contribution is 6.88. The third-order valence-corrected chi connectivity index (χ3v) is 14.1. The highest BCUT2D eigenvalue weighted by Gasteiger charge is 2.19. The van der Waals surface area contributed by atoms with Gasteiger partial charge in [0.1, 0.15) is 0 Å². The molecule has 0 aliphatic heterocycles. The number of hydrogen-bond donors (Lipinski definition) is 0. The fraction of sp³-hybridized carbons (Fsp3) is 0.0508. The van der Waals surface area contributed by atoms with Crippen molar-refractivity contribution in [2.45, 2.75) is 19.6 Å². The lowest BCUT2D eigenvalue weighted by atomic mass is 9.94. The van der Waals surface area contributed by atoms with Gasteiger partial charge in [0.15, 0.2) is 0 Å². The smallest absolute Gasteiger partial charge is 0.0775 e. The fourth-order valence-corrected chi connectivity index (χ4v) is 9.81. The van der Waals surface area contributed by atoms with Gasteiger partial charge >= 0.3 is 0 Å². The predicted molar refractivity (Wildman–Crippen MR) is 272 cm³/mol. The van der Waals surface area contributed by atoms with Crippen molar-refractivity contribution in [3.8, 4) is 11.1 Å². The maximum Gasteiger partial charge on any atom is 0.0775 e. The molecule has 0 fully saturated rings. The van der Waals surface area contributed by atoms with Gasteiger partial charge in [0.05, 0.1) is 8.07 Å². The van der Waals surface area contributed by atoms with Gasteiger partial charge in [0.25, 0.3) is 0 Å². The van der Waals surface area contributed by atoms with E-state index < -0.39 is 8.07 Å². The Hall–Kier alpha value is -7.46. The molecule has 10 aromatic carbocycles. The molecule has 3 heteroatoms. The standard InChI is InChI=1S/C59H48N2Si/c1-62(2,3)56-38-36-53(37-39-56)61(55-35-26-45-14-8-10-16-49(45)42-55)52-32-27-47(28-33-52)58-40-29-46(57-19-11-12-20-59(57)58)24-21-43-22-30-51(31-23-43)60(50-17-5-4-6-18-50)54-34-25-44-13-7-9-15-48(44)41-54/h4-42H,1-3H3. The second-order valence-electron chi connectivity index (χ2n) is 17.1. The van der Waals surface area contributed by atoms with Crippen molar-refractivity contribution in [1.29, 1.82) is 0 Å². The molecular weight excluding hydrogens is 765 g/mol. The maximum absolute atomic E-state index is 2.40. The summed E-state index contributed by atoms with van der Waals surface area (Å²) in [6, 6.07) is 81.7. The molecule has 0 amide bonds. The van der Waals surface area contributed by atoms with E-state index in [-0.39, 0.29) is 0 Å². The molecule has 10 aromatic rings. The zero-order valence-electron chi connectivity index (χ0n) is 35.4. The van der Waals surface area contributed by atoms with Gasteiger partial charge in [-0.3, -0.25) is 0 Å². The van der Waals surface area contributed by atoms with Crippen molar-refractivity contribution in [3.05, 3.63) is 236 Å². The van der Waals surface area contributed by atoms with Crippen LogP contribution in [-0.4, -0.2) is 8.07 Å². The summed E-state index contributed by atoms with van der Waals surface area (Å²) in [6.45, 7) is 7.21. The molecule has 0 spiro atoms. The fourth-order valence-electron chi connectivity index (χ4n) is 8.64. The first-order valence-corrected chi connectivity index (χ1v) is 25.0. The summed E-state index contributed by atoms with van der Waals surface area (Å²) >= 11 is 0. The lowest BCUT2D eigenvalue weighted by Crippen LogP contribution is -2.37. The van der Waals surface area contributed by atoms with Gasteiger partial charge in [0, 0.05) is 34.1 Å². The molecule has 0 saturated carbocycles. The van der Waals surface area contributed by atoms with Crippen molar-refractivity contribution in [3.63, 3.8) is 0 Å². The van der Waals surface area contributed by atoms with E-state index in [1.807, 2.05) is 0 Å². The molecule has 0 heterocycles. The summed E-state index contributed by atoms with van der Waals surface area (Å²) in [4.78, 5) is 4.70. The maximum atomic E-state index is 2.40. The predicted octanol–water partition coefficient (Wildman–Crippen LogP) is 16.5. The molecule has 0 N–H and O–H groups in total. The minimum absolute atomic E-state index is 1.12. The summed E-state index contributed by atoms with van der Waals surface area (Å²) in [5.41, 5.74) is 11.6. The van der Waals surface area contributed by atoms with Crippen LogP contribution in [0.5, 0.6) is 0 Å². The number of rotatable bonds is 10. The molecule has 10 rings (SSSR count). The van der Waals surface area contributed by atoms with Crippen molar-refractivity contribution in [2.24, 2.45) is 0 Å². The summed E-state index contributed by atoms with van der Waals surface area (Å²) in [5, 5.41) is 8.86. The van der Waals surface area contributed by atoms with E-state index >= 15 is 0 Å². The van der Waals surface area contributed by atoms with Crippen molar-refractivity contribution in [2.75, 3.05) is 9.80 Å². The van der Waals surface area contributed by atoms with E-state index in [4.69, 9.17) is 0 Å². The van der Waals surface area contributed by atoms with E-state index in [0.717, 1.165) is 39.7 Å². The highest BCUT2D eigenvalue weighted by atomic mass is 28.3. The molecule has 0 aliphatic rings. The second-order valence-corrected chi connectivity index (χ2v) is 22.2. The van der Waals surface area contributed by atoms with Gasteiger partial charge in [-0.25, -0.2) is 0 Å². The summed E-state index contributed by atoms with van der Waals surface area (Å²) in [7, 11) is -1.44. The van der Waals surface area contributed by atoms with Crippen LogP contribution in [0.4, 0.5) is 34.1 Å². The summed E-state index contributed by atoms with van der Waals surface area (Å²) < 4.78 is 0. The van der Waals surface area contributed by atoms with Crippen LogP contribution in [-0.2, 0) is 0 Å². The molecule has 2 nitrogen and oxygen atoms in total. The average Bonchev–Trinajstić information content (AvgIpc) is 3.32. The Bertz CT molecular complexity index is 3200. The molecule has 0 atom stereocenters. The van der Waals surface area contributed by atoms with Gasteiger partial charge in [-0.05, 0) is 127 Å². The minimum Gasteiger partial charge on any atom is -0.310 e. The lowest BCUT2D eigenvalue weighted by Gasteiger charge is -2.27. The molecule has 62 heavy (non-hydrogen) atoms. The van der Waals surface area contributed by atoms with Crippen molar-refractivity contribution >= 4 is 91.9 Å². The average molecular weight is 813 g/mol. The van der Waals surface area contributed by atoms with E-state index in [1.165, 1.54) is 54.2 Å². The van der Waals surface area contributed by atoms with Crippen LogP contribution in [0.2, 0.25) is 19.6 Å². The van der Waals surface area contributed by atoms with E-state index in [0.29, 0.717) is 0 Å². The molecule has 0 aromatic heterocycles. The minimum atomic E-state index is -1.44. The molecule has 0 radical (unpaired) electrons. The first kappa shape index (κ1) is 38.7. The molecule has 0 aliphatic carbocycles. The van der Waals surface area contributed by atoms with Crippen LogP contribution < -0.4 is 15.0 Å². The Morgan fingerprint density at radius 2 is 0.790 bits per heavy atom. The van der Waals surface area contributed by atoms with Crippen LogP contribution in [0.15, 0.2) is 224 Å². The summed E-state index contributed by atoms with van der Waals surface area (Å²) in [6.07, 6.45) is 4.47. The quantitative estimate of drug-likeness (QED) is 0.100. The van der Waals surface area contributed by atoms with Gasteiger partial charge < -0.3 is 9.80 Å². The number of hydrogen-bond acceptors (Lipinski definition) is 2. The molecular formula is C59H48N2Si. The first-order chi connectivity index (χ1) is 30.4. The molecule has 0 unspecified atom stereocenters. The lowest BCUT2D eigenvalue weighted by molar-refractivity contribution is 1.29. The van der Waals surface area contributed by atoms with Gasteiger partial charge in [-0.15, -0.1) is 0 Å². The Labute approximate surface area is 366 Å². The van der Waals surface area contributed by atoms with Crippen LogP contribution in [0.3, 0.4) is 0 Å². The van der Waals surface area contributed by atoms with Crippen LogP contribution in [0, 0.1) is 0 Å².